The molecule has 0 bridgehead atoms. The van der Waals surface area contributed by atoms with Crippen molar-refractivity contribution in [2.45, 2.75) is 17.7 Å². The van der Waals surface area contributed by atoms with Crippen LogP contribution in [0.2, 0.25) is 5.02 Å². The molecule has 0 radical (unpaired) electrons. The zero-order valence-electron chi connectivity index (χ0n) is 12.1. The molecule has 1 unspecified atom stereocenters. The predicted molar refractivity (Wildman–Crippen MR) is 81.8 cm³/mol. The molecule has 0 saturated carbocycles. The summed E-state index contributed by atoms with van der Waals surface area (Å²) in [6.07, 6.45) is -4.49. The van der Waals surface area contributed by atoms with Gasteiger partial charge in [0.2, 0.25) is 0 Å². The lowest BCUT2D eigenvalue weighted by Gasteiger charge is -2.35. The lowest BCUT2D eigenvalue weighted by Crippen LogP contribution is -2.53. The third-order valence-electron chi connectivity index (χ3n) is 3.44. The Morgan fingerprint density at radius 2 is 1.38 bits per heavy atom. The second kappa shape index (κ2) is 6.53. The van der Waals surface area contributed by atoms with Gasteiger partial charge in [-0.3, -0.25) is 0 Å². The van der Waals surface area contributed by atoms with Gasteiger partial charge >= 0.3 is 12.1 Å². The van der Waals surface area contributed by atoms with Crippen molar-refractivity contribution in [3.05, 3.63) is 76.8 Å². The largest absolute Gasteiger partial charge is 0.457 e. The van der Waals surface area contributed by atoms with Crippen molar-refractivity contribution in [3.8, 4) is 0 Å². The minimum atomic E-state index is -5.94. The third kappa shape index (κ3) is 3.44. The minimum absolute atomic E-state index is 0.142. The molecule has 0 saturated heterocycles. The number of rotatable bonds is 4. The summed E-state index contributed by atoms with van der Waals surface area (Å²) in [7, 11) is 0. The van der Waals surface area contributed by atoms with Crippen molar-refractivity contribution in [2.24, 2.45) is 0 Å². The number of hydrogen-bond acceptors (Lipinski definition) is 1. The maximum atomic E-state index is 14.0. The first kappa shape index (κ1) is 18.4. The van der Waals surface area contributed by atoms with Gasteiger partial charge in [0.1, 0.15) is 0 Å². The Morgan fingerprint density at radius 1 is 0.833 bits per heavy atom. The van der Waals surface area contributed by atoms with Gasteiger partial charge in [-0.15, -0.1) is 0 Å². The third-order valence-corrected chi connectivity index (χ3v) is 3.69. The highest BCUT2D eigenvalue weighted by atomic mass is 35.5. The fraction of sp³-hybridized carbons (Fsp3) is 0.176. The van der Waals surface area contributed by atoms with E-state index in [2.05, 4.69) is 0 Å². The van der Waals surface area contributed by atoms with Gasteiger partial charge in [-0.2, -0.15) is 22.0 Å². The molecule has 7 heteroatoms. The first-order valence-electron chi connectivity index (χ1n) is 6.75. The Balaban J connectivity index is 2.57. The second-order valence-corrected chi connectivity index (χ2v) is 5.53. The van der Waals surface area contributed by atoms with Crippen molar-refractivity contribution in [2.75, 3.05) is 0 Å². The van der Waals surface area contributed by atoms with Gasteiger partial charge in [0, 0.05) is 5.02 Å². The summed E-state index contributed by atoms with van der Waals surface area (Å²) < 4.78 is 66.6. The Hall–Kier alpha value is -1.92. The second-order valence-electron chi connectivity index (χ2n) is 5.09. The molecule has 1 N–H and O–H groups in total. The van der Waals surface area contributed by atoms with Gasteiger partial charge in [0.05, 0.1) is 0 Å². The molecule has 0 heterocycles. The van der Waals surface area contributed by atoms with Gasteiger partial charge in [0.15, 0.2) is 5.60 Å². The zero-order valence-corrected chi connectivity index (χ0v) is 12.8. The lowest BCUT2D eigenvalue weighted by molar-refractivity contribution is -0.334. The van der Waals surface area contributed by atoms with E-state index in [-0.39, 0.29) is 5.02 Å². The van der Waals surface area contributed by atoms with Crippen molar-refractivity contribution in [3.63, 3.8) is 0 Å². The lowest BCUT2D eigenvalue weighted by atomic mass is 9.86. The summed E-state index contributed by atoms with van der Waals surface area (Å²) in [5, 5.41) is 10.4. The predicted octanol–water partition coefficient (Wildman–Crippen LogP) is 5.44. The Labute approximate surface area is 140 Å². The molecular formula is C17H12ClF5O. The van der Waals surface area contributed by atoms with Crippen molar-refractivity contribution in [1.29, 1.82) is 0 Å². The molecule has 2 rings (SSSR count). The minimum Gasteiger partial charge on any atom is -0.375 e. The molecular weight excluding hydrogens is 351 g/mol. The van der Waals surface area contributed by atoms with Crippen LogP contribution in [0.3, 0.4) is 0 Å². The smallest absolute Gasteiger partial charge is 0.375 e. The topological polar surface area (TPSA) is 20.2 Å². The summed E-state index contributed by atoms with van der Waals surface area (Å²) >= 11 is 5.63. The van der Waals surface area contributed by atoms with E-state index in [4.69, 9.17) is 11.6 Å². The van der Waals surface area contributed by atoms with E-state index < -0.39 is 23.3 Å². The van der Waals surface area contributed by atoms with Crippen LogP contribution in [0.4, 0.5) is 22.0 Å². The van der Waals surface area contributed by atoms with Crippen LogP contribution in [-0.2, 0) is 5.60 Å². The van der Waals surface area contributed by atoms with Gasteiger partial charge in [-0.05, 0) is 29.3 Å². The van der Waals surface area contributed by atoms with Gasteiger partial charge in [0.25, 0.3) is 0 Å². The summed E-state index contributed by atoms with van der Waals surface area (Å²) in [5.74, 6) is -5.40. The molecule has 1 atom stereocenters. The maximum Gasteiger partial charge on any atom is 0.457 e. The monoisotopic (exact) mass is 362 g/mol. The van der Waals surface area contributed by atoms with Crippen LogP contribution < -0.4 is 0 Å². The summed E-state index contributed by atoms with van der Waals surface area (Å²) in [6.45, 7) is 0. The molecule has 0 aliphatic heterocycles. The molecule has 24 heavy (non-hydrogen) atoms. The summed E-state index contributed by atoms with van der Waals surface area (Å²) in [5.41, 5.74) is -3.84. The van der Waals surface area contributed by atoms with Crippen molar-refractivity contribution < 1.29 is 27.1 Å². The average Bonchev–Trinajstić information content (AvgIpc) is 2.53. The Bertz CT molecular complexity index is 710. The standard InChI is InChI=1S/C17H12ClF5O/c18-14-8-6-13(7-9-14)15(24,16(19,20)17(21,22)23)11-10-12-4-2-1-3-5-12/h1-11,24H/b11-10+. The number of halogens is 6. The highest BCUT2D eigenvalue weighted by molar-refractivity contribution is 6.30. The van der Waals surface area contributed by atoms with Crippen LogP contribution >= 0.6 is 11.6 Å². The summed E-state index contributed by atoms with van der Waals surface area (Å²) in [6, 6.07) is 12.0. The molecule has 1 nitrogen and oxygen atoms in total. The van der Waals surface area contributed by atoms with E-state index in [0.29, 0.717) is 11.6 Å². The molecule has 0 aromatic heterocycles. The first-order chi connectivity index (χ1) is 11.1. The first-order valence-corrected chi connectivity index (χ1v) is 7.13. The van der Waals surface area contributed by atoms with Crippen LogP contribution in [0.1, 0.15) is 11.1 Å². The fourth-order valence-electron chi connectivity index (χ4n) is 2.08. The van der Waals surface area contributed by atoms with E-state index >= 15 is 0 Å². The Kier molecular flexibility index (Phi) is 5.01. The van der Waals surface area contributed by atoms with Gasteiger partial charge in [-0.25, -0.2) is 0 Å². The molecule has 128 valence electrons. The molecule has 0 aliphatic carbocycles. The fourth-order valence-corrected chi connectivity index (χ4v) is 2.21. The summed E-state index contributed by atoms with van der Waals surface area (Å²) in [4.78, 5) is 0. The van der Waals surface area contributed by atoms with E-state index in [0.717, 1.165) is 30.3 Å². The van der Waals surface area contributed by atoms with Crippen LogP contribution in [-0.4, -0.2) is 17.2 Å². The molecule has 0 fully saturated rings. The van der Waals surface area contributed by atoms with Crippen LogP contribution in [0.5, 0.6) is 0 Å². The molecule has 0 aliphatic rings. The average molecular weight is 363 g/mol. The van der Waals surface area contributed by atoms with Crippen molar-refractivity contribution >= 4 is 17.7 Å². The Morgan fingerprint density at radius 3 is 1.88 bits per heavy atom. The normalized spacial score (nSPS) is 15.5. The van der Waals surface area contributed by atoms with E-state index in [1.807, 2.05) is 0 Å². The molecule has 2 aromatic rings. The zero-order chi connectivity index (χ0) is 18.0. The number of benzene rings is 2. The molecule has 0 spiro atoms. The van der Waals surface area contributed by atoms with E-state index in [1.54, 1.807) is 18.2 Å². The van der Waals surface area contributed by atoms with Crippen LogP contribution in [0.15, 0.2) is 60.7 Å². The molecule has 2 aromatic carbocycles. The number of alkyl halides is 5. The maximum absolute atomic E-state index is 14.0. The van der Waals surface area contributed by atoms with Crippen LogP contribution in [0, 0.1) is 0 Å². The van der Waals surface area contributed by atoms with E-state index in [1.165, 1.54) is 12.1 Å². The van der Waals surface area contributed by atoms with E-state index in [9.17, 15) is 27.1 Å². The number of aliphatic hydroxyl groups is 1. The SMILES string of the molecule is OC(/C=C/c1ccccc1)(c1ccc(Cl)cc1)C(F)(F)C(F)(F)F. The molecule has 0 amide bonds. The van der Waals surface area contributed by atoms with Gasteiger partial charge in [-0.1, -0.05) is 60.1 Å². The number of hydrogen-bond donors (Lipinski definition) is 1. The van der Waals surface area contributed by atoms with Crippen molar-refractivity contribution in [1.82, 2.24) is 0 Å². The van der Waals surface area contributed by atoms with Gasteiger partial charge < -0.3 is 5.11 Å². The highest BCUT2D eigenvalue weighted by Gasteiger charge is 2.69. The quantitative estimate of drug-likeness (QED) is 0.718. The van der Waals surface area contributed by atoms with Crippen LogP contribution in [0.25, 0.3) is 6.08 Å². The highest BCUT2D eigenvalue weighted by Crippen LogP contribution is 2.49.